The van der Waals surface area contributed by atoms with Crippen LogP contribution in [-0.4, -0.2) is 16.1 Å². The van der Waals surface area contributed by atoms with Crippen molar-refractivity contribution in [1.82, 2.24) is 4.98 Å². The summed E-state index contributed by atoms with van der Waals surface area (Å²) in [6.45, 7) is 0. The van der Waals surface area contributed by atoms with Crippen molar-refractivity contribution in [3.63, 3.8) is 0 Å². The molecule has 0 bridgehead atoms. The van der Waals surface area contributed by atoms with Gasteiger partial charge in [-0.25, -0.2) is 9.37 Å². The number of aliphatic imine (C=N–C) groups is 1. The Morgan fingerprint density at radius 3 is 2.79 bits per heavy atom. The molecule has 0 amide bonds. The highest BCUT2D eigenvalue weighted by Gasteiger charge is 2.12. The van der Waals surface area contributed by atoms with Gasteiger partial charge in [-0.15, -0.1) is 0 Å². The molecule has 0 saturated heterocycles. The second-order valence-electron chi connectivity index (χ2n) is 5.91. The molecule has 1 aromatic heterocycles. The van der Waals surface area contributed by atoms with E-state index in [1.165, 1.54) is 30.5 Å². The van der Waals surface area contributed by atoms with Gasteiger partial charge in [0.2, 0.25) is 5.89 Å². The first-order chi connectivity index (χ1) is 13.5. The molecule has 0 aliphatic carbocycles. The Morgan fingerprint density at radius 2 is 2.00 bits per heavy atom. The van der Waals surface area contributed by atoms with E-state index < -0.39 is 4.92 Å². The fourth-order valence-corrected chi connectivity index (χ4v) is 2.83. The van der Waals surface area contributed by atoms with Crippen LogP contribution in [0.1, 0.15) is 5.56 Å². The summed E-state index contributed by atoms with van der Waals surface area (Å²) in [7, 11) is 0. The summed E-state index contributed by atoms with van der Waals surface area (Å²) in [4.78, 5) is 19.1. The Labute approximate surface area is 163 Å². The third kappa shape index (κ3) is 3.60. The molecule has 4 aromatic rings. The van der Waals surface area contributed by atoms with E-state index in [1.54, 1.807) is 36.4 Å². The average molecular weight is 396 g/mol. The Hall–Kier alpha value is -3.58. The number of aromatic nitrogens is 1. The number of nitro benzene ring substituents is 1. The summed E-state index contributed by atoms with van der Waals surface area (Å²) >= 11 is 5.81. The first-order valence-corrected chi connectivity index (χ1v) is 8.52. The van der Waals surface area contributed by atoms with Gasteiger partial charge in [-0.1, -0.05) is 23.7 Å². The fourth-order valence-electron chi connectivity index (χ4n) is 2.64. The van der Waals surface area contributed by atoms with Crippen LogP contribution < -0.4 is 0 Å². The largest absolute Gasteiger partial charge is 0.436 e. The number of fused-ring (bicyclic) bond motifs is 1. The third-order valence-corrected chi connectivity index (χ3v) is 4.29. The van der Waals surface area contributed by atoms with E-state index in [2.05, 4.69) is 9.98 Å². The minimum absolute atomic E-state index is 0.0658. The number of nitro groups is 1. The van der Waals surface area contributed by atoms with E-state index in [4.69, 9.17) is 16.0 Å². The van der Waals surface area contributed by atoms with Crippen LogP contribution >= 0.6 is 11.6 Å². The minimum atomic E-state index is -0.547. The van der Waals surface area contributed by atoms with Gasteiger partial charge in [0.1, 0.15) is 16.4 Å². The second kappa shape index (κ2) is 7.21. The SMILES string of the molecule is O=[N+]([O-])c1cc(C=Nc2ccc3oc(-c4cccc(F)c4)nc3c2)ccc1Cl. The molecule has 0 unspecified atom stereocenters. The molecular weight excluding hydrogens is 385 g/mol. The predicted molar refractivity (Wildman–Crippen MR) is 105 cm³/mol. The Bertz CT molecular complexity index is 1240. The van der Waals surface area contributed by atoms with Crippen LogP contribution in [-0.2, 0) is 0 Å². The first-order valence-electron chi connectivity index (χ1n) is 8.14. The minimum Gasteiger partial charge on any atom is -0.436 e. The molecule has 0 fully saturated rings. The lowest BCUT2D eigenvalue weighted by molar-refractivity contribution is -0.384. The van der Waals surface area contributed by atoms with Gasteiger partial charge in [0.05, 0.1) is 10.6 Å². The number of halogens is 2. The number of hydrogen-bond acceptors (Lipinski definition) is 5. The number of rotatable bonds is 4. The second-order valence-corrected chi connectivity index (χ2v) is 6.31. The van der Waals surface area contributed by atoms with E-state index in [0.717, 1.165) is 0 Å². The van der Waals surface area contributed by atoms with Gasteiger partial charge in [-0.05, 0) is 48.0 Å². The van der Waals surface area contributed by atoms with Crippen molar-refractivity contribution in [3.8, 4) is 11.5 Å². The van der Waals surface area contributed by atoms with E-state index in [9.17, 15) is 14.5 Å². The van der Waals surface area contributed by atoms with Crippen molar-refractivity contribution in [3.05, 3.63) is 87.2 Å². The molecule has 4 rings (SSSR count). The zero-order valence-electron chi connectivity index (χ0n) is 14.2. The maximum atomic E-state index is 13.4. The maximum absolute atomic E-state index is 13.4. The molecular formula is C20H11ClFN3O3. The van der Waals surface area contributed by atoms with Crippen molar-refractivity contribution in [1.29, 1.82) is 0 Å². The van der Waals surface area contributed by atoms with Gasteiger partial charge in [-0.2, -0.15) is 0 Å². The highest BCUT2D eigenvalue weighted by molar-refractivity contribution is 6.32. The molecule has 3 aromatic carbocycles. The van der Waals surface area contributed by atoms with E-state index >= 15 is 0 Å². The quantitative estimate of drug-likeness (QED) is 0.243. The van der Waals surface area contributed by atoms with Gasteiger partial charge in [-0.3, -0.25) is 15.1 Å². The summed E-state index contributed by atoms with van der Waals surface area (Å²) in [6, 6.07) is 15.6. The molecule has 0 aliphatic rings. The number of hydrogen-bond donors (Lipinski definition) is 0. The molecule has 0 spiro atoms. The van der Waals surface area contributed by atoms with Gasteiger partial charge < -0.3 is 4.42 Å². The van der Waals surface area contributed by atoms with Gasteiger partial charge in [0, 0.05) is 17.8 Å². The number of benzene rings is 3. The molecule has 6 nitrogen and oxygen atoms in total. The molecule has 0 radical (unpaired) electrons. The van der Waals surface area contributed by atoms with Gasteiger partial charge in [0.15, 0.2) is 5.58 Å². The molecule has 8 heteroatoms. The van der Waals surface area contributed by atoms with E-state index in [0.29, 0.717) is 33.8 Å². The van der Waals surface area contributed by atoms with Crippen LogP contribution in [0.3, 0.4) is 0 Å². The molecule has 1 heterocycles. The molecule has 0 saturated carbocycles. The van der Waals surface area contributed by atoms with Gasteiger partial charge >= 0.3 is 0 Å². The fraction of sp³-hybridized carbons (Fsp3) is 0. The molecule has 28 heavy (non-hydrogen) atoms. The topological polar surface area (TPSA) is 81.5 Å². The maximum Gasteiger partial charge on any atom is 0.288 e. The van der Waals surface area contributed by atoms with E-state index in [1.807, 2.05) is 0 Å². The molecule has 0 aliphatic heterocycles. The lowest BCUT2D eigenvalue weighted by Crippen LogP contribution is -1.91. The smallest absolute Gasteiger partial charge is 0.288 e. The number of oxazole rings is 1. The molecule has 0 N–H and O–H groups in total. The van der Waals surface area contributed by atoms with Crippen molar-refractivity contribution in [2.24, 2.45) is 4.99 Å². The standard InChI is InChI=1S/C20H11ClFN3O3/c21-16-6-4-12(8-18(16)25(26)27)11-23-15-5-7-19-17(10-15)24-20(28-19)13-2-1-3-14(22)9-13/h1-11H. The van der Waals surface area contributed by atoms with Crippen LogP contribution in [0.2, 0.25) is 5.02 Å². The Morgan fingerprint density at radius 1 is 1.14 bits per heavy atom. The van der Waals surface area contributed by atoms with Crippen LogP contribution in [0.4, 0.5) is 15.8 Å². The highest BCUT2D eigenvalue weighted by atomic mass is 35.5. The predicted octanol–water partition coefficient (Wildman–Crippen LogP) is 5.95. The molecule has 0 atom stereocenters. The van der Waals surface area contributed by atoms with Crippen molar-refractivity contribution >= 4 is 40.3 Å². The summed E-state index contributed by atoms with van der Waals surface area (Å²) in [5, 5.41) is 11.0. The van der Waals surface area contributed by atoms with Crippen LogP contribution in [0.5, 0.6) is 0 Å². The van der Waals surface area contributed by atoms with Crippen LogP contribution in [0.15, 0.2) is 70.1 Å². The summed E-state index contributed by atoms with van der Waals surface area (Å²) in [5.41, 5.74) is 2.59. The lowest BCUT2D eigenvalue weighted by atomic mass is 10.2. The molecule has 138 valence electrons. The first kappa shape index (κ1) is 17.8. The number of nitrogens with zero attached hydrogens (tertiary/aromatic N) is 3. The van der Waals surface area contributed by atoms with Crippen LogP contribution in [0, 0.1) is 15.9 Å². The summed E-state index contributed by atoms with van der Waals surface area (Å²) in [6.07, 6.45) is 1.50. The van der Waals surface area contributed by atoms with E-state index in [-0.39, 0.29) is 16.5 Å². The van der Waals surface area contributed by atoms with Crippen molar-refractivity contribution in [2.45, 2.75) is 0 Å². The van der Waals surface area contributed by atoms with Crippen molar-refractivity contribution < 1.29 is 13.7 Å². The zero-order valence-corrected chi connectivity index (χ0v) is 14.9. The average Bonchev–Trinajstić information content (AvgIpc) is 3.10. The van der Waals surface area contributed by atoms with Crippen LogP contribution in [0.25, 0.3) is 22.6 Å². The summed E-state index contributed by atoms with van der Waals surface area (Å²) < 4.78 is 19.1. The zero-order chi connectivity index (χ0) is 19.7. The Balaban J connectivity index is 1.64. The van der Waals surface area contributed by atoms with Gasteiger partial charge in [0.25, 0.3) is 5.69 Å². The summed E-state index contributed by atoms with van der Waals surface area (Å²) in [5.74, 6) is -0.0638. The monoisotopic (exact) mass is 395 g/mol. The Kier molecular flexibility index (Phi) is 4.58. The lowest BCUT2D eigenvalue weighted by Gasteiger charge is -1.97. The highest BCUT2D eigenvalue weighted by Crippen LogP contribution is 2.28. The van der Waals surface area contributed by atoms with Crippen molar-refractivity contribution in [2.75, 3.05) is 0 Å². The third-order valence-electron chi connectivity index (χ3n) is 3.97. The normalized spacial score (nSPS) is 11.4.